The largest absolute Gasteiger partial charge is 0.494 e. The van der Waals surface area contributed by atoms with Crippen LogP contribution in [0.4, 0.5) is 17.1 Å². The Morgan fingerprint density at radius 1 is 0.864 bits per heavy atom. The molecule has 2 aliphatic rings. The molecule has 0 aliphatic carbocycles. The Hall–Kier alpha value is -4.91. The van der Waals surface area contributed by atoms with Gasteiger partial charge in [0.15, 0.2) is 0 Å². The number of esters is 1. The monoisotopic (exact) mass is 587 g/mol. The Labute approximate surface area is 258 Å². The molecule has 4 aromatic rings. The van der Waals surface area contributed by atoms with Crippen LogP contribution >= 0.6 is 0 Å². The van der Waals surface area contributed by atoms with Crippen LogP contribution < -0.4 is 19.1 Å². The summed E-state index contributed by atoms with van der Waals surface area (Å²) in [6.07, 6.45) is 7.57. The molecule has 7 nitrogen and oxygen atoms in total. The van der Waals surface area contributed by atoms with Gasteiger partial charge >= 0.3 is 5.97 Å². The topological polar surface area (TPSA) is 72.7 Å². The number of rotatable bonds is 9. The van der Waals surface area contributed by atoms with Gasteiger partial charge in [0.2, 0.25) is 5.72 Å². The maximum absolute atomic E-state index is 12.7. The van der Waals surface area contributed by atoms with Gasteiger partial charge in [0.25, 0.3) is 0 Å². The fourth-order valence-electron chi connectivity index (χ4n) is 5.92. The van der Waals surface area contributed by atoms with E-state index < -0.39 is 11.7 Å². The number of nitrogens with zero attached hydrogens (tertiary/aromatic N) is 3. The second-order valence-corrected chi connectivity index (χ2v) is 11.7. The van der Waals surface area contributed by atoms with E-state index >= 15 is 0 Å². The van der Waals surface area contributed by atoms with E-state index in [4.69, 9.17) is 14.2 Å². The number of hydrogen-bond acceptors (Lipinski definition) is 7. The summed E-state index contributed by atoms with van der Waals surface area (Å²) in [4.78, 5) is 14.9. The number of azo groups is 1. The SMILES string of the molecule is CCCCCOc1ccc(OC(=O)c2ccc(N=Nc3ccc4c(c3)C=CC3(O4)N(C)c4ccccc4C3(C)C)cc2)cc1. The summed E-state index contributed by atoms with van der Waals surface area (Å²) in [6, 6.07) is 28.2. The first-order chi connectivity index (χ1) is 21.3. The van der Waals surface area contributed by atoms with Crippen LogP contribution in [-0.4, -0.2) is 25.3 Å². The highest BCUT2D eigenvalue weighted by Crippen LogP contribution is 2.54. The van der Waals surface area contributed by atoms with Gasteiger partial charge in [-0.1, -0.05) is 38.0 Å². The number of benzene rings is 4. The Bertz CT molecular complexity index is 1710. The van der Waals surface area contributed by atoms with Crippen LogP contribution in [0.25, 0.3) is 6.08 Å². The summed E-state index contributed by atoms with van der Waals surface area (Å²) < 4.78 is 18.0. The maximum atomic E-state index is 12.7. The molecular weight excluding hydrogens is 550 g/mol. The van der Waals surface area contributed by atoms with Crippen molar-refractivity contribution in [1.29, 1.82) is 0 Å². The van der Waals surface area contributed by atoms with Crippen molar-refractivity contribution in [2.45, 2.75) is 51.2 Å². The zero-order valence-electron chi connectivity index (χ0n) is 25.6. The smallest absolute Gasteiger partial charge is 0.343 e. The second-order valence-electron chi connectivity index (χ2n) is 11.7. The quantitative estimate of drug-likeness (QED) is 0.0844. The molecule has 0 bridgehead atoms. The van der Waals surface area contributed by atoms with Crippen LogP contribution in [-0.2, 0) is 5.41 Å². The Kier molecular flexibility index (Phi) is 7.95. The normalized spacial score (nSPS) is 17.8. The van der Waals surface area contributed by atoms with Crippen molar-refractivity contribution >= 4 is 29.1 Å². The number of unbranched alkanes of at least 4 members (excludes halogenated alkanes) is 2. The van der Waals surface area contributed by atoms with Gasteiger partial charge in [-0.25, -0.2) is 4.79 Å². The fourth-order valence-corrected chi connectivity index (χ4v) is 5.92. The van der Waals surface area contributed by atoms with Crippen molar-refractivity contribution in [2.24, 2.45) is 10.2 Å². The van der Waals surface area contributed by atoms with Crippen LogP contribution in [0.15, 0.2) is 107 Å². The molecule has 0 saturated carbocycles. The van der Waals surface area contributed by atoms with Crippen LogP contribution in [0, 0.1) is 0 Å². The minimum absolute atomic E-state index is 0.253. The molecule has 7 heteroatoms. The molecule has 44 heavy (non-hydrogen) atoms. The van der Waals surface area contributed by atoms with Gasteiger partial charge in [-0.2, -0.15) is 10.2 Å². The van der Waals surface area contributed by atoms with E-state index in [1.54, 1.807) is 36.4 Å². The van der Waals surface area contributed by atoms with Crippen LogP contribution in [0.3, 0.4) is 0 Å². The number of anilines is 1. The van der Waals surface area contributed by atoms with Gasteiger partial charge in [-0.3, -0.25) is 0 Å². The van der Waals surface area contributed by atoms with E-state index in [-0.39, 0.29) is 5.41 Å². The van der Waals surface area contributed by atoms with Crippen molar-refractivity contribution in [1.82, 2.24) is 0 Å². The first-order valence-electron chi connectivity index (χ1n) is 15.1. The molecule has 6 rings (SSSR count). The minimum atomic E-state index is -0.624. The third kappa shape index (κ3) is 5.46. The number of carbonyl (C=O) groups excluding carboxylic acids is 1. The lowest BCUT2D eigenvalue weighted by atomic mass is 9.76. The van der Waals surface area contributed by atoms with Gasteiger partial charge in [-0.05, 0) is 111 Å². The van der Waals surface area contributed by atoms with Crippen molar-refractivity contribution in [3.05, 3.63) is 114 Å². The molecule has 2 aliphatic heterocycles. The highest BCUT2D eigenvalue weighted by molar-refractivity contribution is 5.91. The number of hydrogen-bond donors (Lipinski definition) is 0. The lowest BCUT2D eigenvalue weighted by molar-refractivity contribution is 0.0582. The summed E-state index contributed by atoms with van der Waals surface area (Å²) in [5, 5.41) is 8.80. The van der Waals surface area contributed by atoms with E-state index in [0.29, 0.717) is 29.3 Å². The van der Waals surface area contributed by atoms with Gasteiger partial charge in [0.05, 0.1) is 29.0 Å². The van der Waals surface area contributed by atoms with Gasteiger partial charge in [0, 0.05) is 18.3 Å². The average molecular weight is 588 g/mol. The third-order valence-electron chi connectivity index (χ3n) is 8.52. The molecule has 0 fully saturated rings. The second kappa shape index (κ2) is 12.0. The third-order valence-corrected chi connectivity index (χ3v) is 8.52. The van der Waals surface area contributed by atoms with Gasteiger partial charge in [0.1, 0.15) is 17.2 Å². The zero-order chi connectivity index (χ0) is 30.7. The van der Waals surface area contributed by atoms with Crippen molar-refractivity contribution in [2.75, 3.05) is 18.6 Å². The Morgan fingerprint density at radius 3 is 2.32 bits per heavy atom. The molecule has 224 valence electrons. The Balaban J connectivity index is 1.08. The number of carbonyl (C=O) groups is 1. The highest BCUT2D eigenvalue weighted by atomic mass is 16.5. The predicted molar refractivity (Wildman–Crippen MR) is 174 cm³/mol. The molecule has 0 amide bonds. The van der Waals surface area contributed by atoms with Crippen molar-refractivity contribution < 1.29 is 19.0 Å². The van der Waals surface area contributed by atoms with Crippen LogP contribution in [0.5, 0.6) is 17.2 Å². The summed E-state index contributed by atoms with van der Waals surface area (Å²) in [5.74, 6) is 1.58. The average Bonchev–Trinajstić information content (AvgIpc) is 3.21. The maximum Gasteiger partial charge on any atom is 0.343 e. The molecule has 2 heterocycles. The lowest BCUT2D eigenvalue weighted by Crippen LogP contribution is -2.58. The summed E-state index contributed by atoms with van der Waals surface area (Å²) in [7, 11) is 2.08. The number of ether oxygens (including phenoxy) is 3. The molecule has 1 unspecified atom stereocenters. The summed E-state index contributed by atoms with van der Waals surface area (Å²) in [6.45, 7) is 7.29. The van der Waals surface area contributed by atoms with E-state index in [2.05, 4.69) is 79.4 Å². The van der Waals surface area contributed by atoms with E-state index in [9.17, 15) is 4.79 Å². The van der Waals surface area contributed by atoms with Gasteiger partial charge in [-0.15, -0.1) is 0 Å². The molecule has 4 aromatic carbocycles. The fraction of sp³-hybridized carbons (Fsp3) is 0.270. The number of para-hydroxylation sites is 1. The minimum Gasteiger partial charge on any atom is -0.494 e. The molecule has 0 radical (unpaired) electrons. The van der Waals surface area contributed by atoms with Gasteiger partial charge < -0.3 is 19.1 Å². The molecule has 0 saturated heterocycles. The van der Waals surface area contributed by atoms with E-state index in [1.807, 2.05) is 30.3 Å². The molecule has 1 atom stereocenters. The molecule has 0 aromatic heterocycles. The van der Waals surface area contributed by atoms with E-state index in [1.165, 1.54) is 11.3 Å². The predicted octanol–water partition coefficient (Wildman–Crippen LogP) is 9.42. The van der Waals surface area contributed by atoms with Crippen LogP contribution in [0.2, 0.25) is 0 Å². The van der Waals surface area contributed by atoms with Crippen molar-refractivity contribution in [3.63, 3.8) is 0 Å². The summed E-state index contributed by atoms with van der Waals surface area (Å²) >= 11 is 0. The summed E-state index contributed by atoms with van der Waals surface area (Å²) in [5.41, 5.74) is 4.26. The lowest BCUT2D eigenvalue weighted by Gasteiger charge is -2.45. The molecule has 1 spiro atoms. The molecular formula is C37H37N3O4. The standard InChI is InChI=1S/C37H37N3O4/c1-5-6-9-24-42-30-17-19-31(20-18-30)43-35(41)26-12-14-28(15-13-26)38-39-29-16-21-34-27(25-29)22-23-37(44-34)36(2,3)32-10-7-8-11-33(32)40(37)4/h7-8,10-23,25H,5-6,9,24H2,1-4H3. The highest BCUT2D eigenvalue weighted by Gasteiger charge is 2.57. The van der Waals surface area contributed by atoms with Crippen molar-refractivity contribution in [3.8, 4) is 17.2 Å². The van der Waals surface area contributed by atoms with E-state index in [0.717, 1.165) is 36.3 Å². The number of likely N-dealkylation sites (N-methyl/N-ethyl adjacent to an activating group) is 1. The van der Waals surface area contributed by atoms with Crippen LogP contribution in [0.1, 0.15) is 61.5 Å². The first kappa shape index (κ1) is 29.2. The Morgan fingerprint density at radius 2 is 1.57 bits per heavy atom. The zero-order valence-corrected chi connectivity index (χ0v) is 25.6. The molecule has 0 N–H and O–H groups in total. The first-order valence-corrected chi connectivity index (χ1v) is 15.1. The number of fused-ring (bicyclic) bond motifs is 2.